The minimum absolute atomic E-state index is 0.0152. The van der Waals surface area contributed by atoms with Crippen LogP contribution < -0.4 is 16.6 Å². The van der Waals surface area contributed by atoms with Gasteiger partial charge in [-0.05, 0) is 91.3 Å². The highest BCUT2D eigenvalue weighted by molar-refractivity contribution is 5.77. The Kier molecular flexibility index (Phi) is 8.70. The Hall–Kier alpha value is -5.24. The monoisotopic (exact) mass is 693 g/mol. The summed E-state index contributed by atoms with van der Waals surface area (Å²) in [5.74, 6) is -0.885. The van der Waals surface area contributed by atoms with Gasteiger partial charge < -0.3 is 19.9 Å². The number of benzene rings is 2. The topological polar surface area (TPSA) is 130 Å². The zero-order valence-electron chi connectivity index (χ0n) is 27.8. The quantitative estimate of drug-likeness (QED) is 0.210. The molecule has 1 atom stereocenters. The van der Waals surface area contributed by atoms with Crippen molar-refractivity contribution < 1.29 is 19.0 Å². The van der Waals surface area contributed by atoms with Gasteiger partial charge in [0.25, 0.3) is 5.56 Å². The first-order valence-corrected chi connectivity index (χ1v) is 17.2. The summed E-state index contributed by atoms with van der Waals surface area (Å²) in [5, 5.41) is 23.9. The number of halogens is 2. The van der Waals surface area contributed by atoms with Gasteiger partial charge in [0.2, 0.25) is 0 Å². The van der Waals surface area contributed by atoms with Gasteiger partial charge in [-0.1, -0.05) is 18.2 Å². The number of nitrogens with one attached hydrogen (secondary N) is 1. The second-order valence-electron chi connectivity index (χ2n) is 13.6. The van der Waals surface area contributed by atoms with Gasteiger partial charge in [0.15, 0.2) is 5.65 Å². The lowest BCUT2D eigenvalue weighted by Gasteiger charge is -2.30. The highest BCUT2D eigenvalue weighted by Crippen LogP contribution is 2.32. The number of phenolic OH excluding ortho intramolecular Hbond substituents is 1. The van der Waals surface area contributed by atoms with Crippen LogP contribution in [0.15, 0.2) is 88.8 Å². The number of aliphatic hydroxyl groups is 1. The third kappa shape index (κ3) is 6.55. The number of aromatic nitrogens is 5. The average Bonchev–Trinajstić information content (AvgIpc) is 3.73. The van der Waals surface area contributed by atoms with Crippen LogP contribution in [-0.4, -0.2) is 63.9 Å². The van der Waals surface area contributed by atoms with Gasteiger partial charge >= 0.3 is 5.69 Å². The minimum Gasteiger partial charge on any atom is -0.508 e. The molecule has 2 aliphatic rings. The summed E-state index contributed by atoms with van der Waals surface area (Å²) >= 11 is 0. The molecule has 11 nitrogen and oxygen atoms in total. The van der Waals surface area contributed by atoms with Gasteiger partial charge in [-0.2, -0.15) is 0 Å². The normalized spacial score (nSPS) is 19.7. The van der Waals surface area contributed by atoms with Crippen molar-refractivity contribution in [1.82, 2.24) is 33.7 Å². The standard InChI is InChI=1S/C38H37F2N7O4/c39-25-4-11-35-43-28(21-45(35)20-25)18-41-27-5-7-29(8-6-27)47-37(50)34-16-26(40)17-42-36(34)46(38(47)51)30-3-1-2-23(14-30)33-10-9-31(48)15-24(33)19-44-13-12-32(49)22-44/h1-4,9-11,14-17,20-21,27,29,32,41,48-49H,5-8,12-13,18-19,22H2/t27-,29+,32-/m0/s1. The molecule has 1 aliphatic carbocycles. The Bertz CT molecular complexity index is 2380. The van der Waals surface area contributed by atoms with E-state index in [0.29, 0.717) is 63.1 Å². The summed E-state index contributed by atoms with van der Waals surface area (Å²) in [6.07, 6.45) is 6.99. The fourth-order valence-corrected chi connectivity index (χ4v) is 7.63. The molecule has 1 aliphatic heterocycles. The summed E-state index contributed by atoms with van der Waals surface area (Å²) < 4.78 is 32.5. The Morgan fingerprint density at radius 3 is 2.57 bits per heavy atom. The molecule has 262 valence electrons. The molecule has 8 rings (SSSR count). The number of likely N-dealkylation sites (tertiary alicyclic amines) is 1. The van der Waals surface area contributed by atoms with E-state index in [1.54, 1.807) is 34.9 Å². The van der Waals surface area contributed by atoms with E-state index in [-0.39, 0.29) is 34.7 Å². The van der Waals surface area contributed by atoms with E-state index in [9.17, 15) is 28.6 Å². The first-order chi connectivity index (χ1) is 24.7. The van der Waals surface area contributed by atoms with Crippen LogP contribution >= 0.6 is 0 Å². The maximum Gasteiger partial charge on any atom is 0.337 e. The number of phenols is 1. The molecule has 5 heterocycles. The molecule has 6 aromatic rings. The second kappa shape index (κ2) is 13.5. The van der Waals surface area contributed by atoms with Crippen LogP contribution in [0.2, 0.25) is 0 Å². The number of nitrogens with zero attached hydrogens (tertiary/aromatic N) is 6. The largest absolute Gasteiger partial charge is 0.508 e. The lowest BCUT2D eigenvalue weighted by Crippen LogP contribution is -2.44. The third-order valence-electron chi connectivity index (χ3n) is 10.1. The Morgan fingerprint density at radius 2 is 1.76 bits per heavy atom. The lowest BCUT2D eigenvalue weighted by atomic mass is 9.91. The van der Waals surface area contributed by atoms with Crippen LogP contribution in [0.1, 0.15) is 49.4 Å². The fourth-order valence-electron chi connectivity index (χ4n) is 7.63. The van der Waals surface area contributed by atoms with Crippen molar-refractivity contribution in [2.45, 2.75) is 63.4 Å². The smallest absolute Gasteiger partial charge is 0.337 e. The minimum atomic E-state index is -0.673. The van der Waals surface area contributed by atoms with Crippen molar-refractivity contribution in [3.63, 3.8) is 0 Å². The van der Waals surface area contributed by atoms with Crippen molar-refractivity contribution in [3.05, 3.63) is 123 Å². The Labute approximate surface area is 291 Å². The number of pyridine rings is 2. The Balaban J connectivity index is 1.09. The first kappa shape index (κ1) is 32.9. The van der Waals surface area contributed by atoms with Crippen molar-refractivity contribution >= 4 is 16.7 Å². The predicted octanol–water partition coefficient (Wildman–Crippen LogP) is 4.69. The lowest BCUT2D eigenvalue weighted by molar-refractivity contribution is 0.175. The molecule has 4 aromatic heterocycles. The Morgan fingerprint density at radius 1 is 0.922 bits per heavy atom. The van der Waals surface area contributed by atoms with Crippen LogP contribution in [0.5, 0.6) is 5.75 Å². The van der Waals surface area contributed by atoms with E-state index in [0.717, 1.165) is 41.2 Å². The summed E-state index contributed by atoms with van der Waals surface area (Å²) in [4.78, 5) is 39.2. The van der Waals surface area contributed by atoms with Gasteiger partial charge in [0.1, 0.15) is 23.0 Å². The summed E-state index contributed by atoms with van der Waals surface area (Å²) in [6.45, 7) is 2.30. The number of rotatable bonds is 8. The molecule has 3 N–H and O–H groups in total. The van der Waals surface area contributed by atoms with Gasteiger partial charge in [0.05, 0.1) is 29.1 Å². The van der Waals surface area contributed by atoms with Gasteiger partial charge in [-0.15, -0.1) is 0 Å². The molecule has 51 heavy (non-hydrogen) atoms. The van der Waals surface area contributed by atoms with Crippen molar-refractivity contribution in [2.75, 3.05) is 13.1 Å². The van der Waals surface area contributed by atoms with Gasteiger partial charge in [-0.3, -0.25) is 14.3 Å². The fraction of sp³-hybridized carbons (Fsp3) is 0.316. The number of aliphatic hydroxyl groups excluding tert-OH is 1. The van der Waals surface area contributed by atoms with E-state index in [4.69, 9.17) is 0 Å². The van der Waals surface area contributed by atoms with Crippen LogP contribution in [0.25, 0.3) is 33.5 Å². The van der Waals surface area contributed by atoms with Crippen molar-refractivity contribution in [1.29, 1.82) is 0 Å². The SMILES string of the molecule is O=c1c2cc(F)cnc2n(-c2cccc(-c3ccc(O)cc3CN3CC[C@H](O)C3)c2)c(=O)n1[C@H]1CC[C@@H](NCc2cn3cc(F)ccc3n2)CC1. The zero-order valence-corrected chi connectivity index (χ0v) is 27.8. The molecule has 0 bridgehead atoms. The maximum atomic E-state index is 14.6. The predicted molar refractivity (Wildman–Crippen MR) is 188 cm³/mol. The number of aromatic hydroxyl groups is 1. The molecular formula is C38H37F2N7O4. The van der Waals surface area contributed by atoms with Gasteiger partial charge in [-0.25, -0.2) is 28.1 Å². The average molecular weight is 694 g/mol. The summed E-state index contributed by atoms with van der Waals surface area (Å²) in [7, 11) is 0. The number of imidazole rings is 1. The molecule has 0 amide bonds. The molecular weight excluding hydrogens is 656 g/mol. The molecule has 2 fully saturated rings. The van der Waals surface area contributed by atoms with E-state index in [2.05, 4.69) is 20.2 Å². The number of hydrogen-bond donors (Lipinski definition) is 3. The van der Waals surface area contributed by atoms with E-state index in [1.165, 1.54) is 21.4 Å². The third-order valence-corrected chi connectivity index (χ3v) is 10.1. The molecule has 13 heteroatoms. The molecule has 1 saturated carbocycles. The van der Waals surface area contributed by atoms with Crippen LogP contribution in [0.3, 0.4) is 0 Å². The van der Waals surface area contributed by atoms with Crippen LogP contribution in [0, 0.1) is 11.6 Å². The van der Waals surface area contributed by atoms with E-state index in [1.807, 2.05) is 24.3 Å². The van der Waals surface area contributed by atoms with Gasteiger partial charge in [0, 0.05) is 50.7 Å². The molecule has 2 aromatic carbocycles. The van der Waals surface area contributed by atoms with Crippen molar-refractivity contribution in [2.24, 2.45) is 0 Å². The molecule has 0 radical (unpaired) electrons. The second-order valence-corrected chi connectivity index (χ2v) is 13.6. The molecule has 0 unspecified atom stereocenters. The molecule has 0 spiro atoms. The summed E-state index contributed by atoms with van der Waals surface area (Å²) in [6, 6.07) is 16.3. The maximum absolute atomic E-state index is 14.6. The highest BCUT2D eigenvalue weighted by atomic mass is 19.1. The number of β-amino-alcohol motifs (C(OH)–C–C–N with tert-alkyl or cyclic N) is 1. The zero-order chi connectivity index (χ0) is 35.2. The van der Waals surface area contributed by atoms with E-state index >= 15 is 0 Å². The first-order valence-electron chi connectivity index (χ1n) is 17.2. The number of hydrogen-bond acceptors (Lipinski definition) is 8. The summed E-state index contributed by atoms with van der Waals surface area (Å²) in [5.41, 5.74) is 3.35. The highest BCUT2D eigenvalue weighted by Gasteiger charge is 2.28. The van der Waals surface area contributed by atoms with Crippen LogP contribution in [0.4, 0.5) is 8.78 Å². The van der Waals surface area contributed by atoms with E-state index < -0.39 is 23.1 Å². The van der Waals surface area contributed by atoms with Crippen molar-refractivity contribution in [3.8, 4) is 22.6 Å². The number of fused-ring (bicyclic) bond motifs is 2. The van der Waals surface area contributed by atoms with Crippen LogP contribution in [-0.2, 0) is 13.1 Å². The molecule has 1 saturated heterocycles.